The molecule has 3 N–H and O–H groups in total. The number of hydrogen-bond donors (Lipinski definition) is 3. The second kappa shape index (κ2) is 5.09. The number of rotatable bonds is 0. The van der Waals surface area contributed by atoms with Gasteiger partial charge in [-0.15, -0.1) is 0 Å². The molecule has 0 bridgehead atoms. The average molecular weight is 265 g/mol. The summed E-state index contributed by atoms with van der Waals surface area (Å²) in [4.78, 5) is 31.6. The van der Waals surface area contributed by atoms with E-state index in [0.717, 1.165) is 5.56 Å². The number of carbonyl (C=O) groups excluding carboxylic acids is 2. The summed E-state index contributed by atoms with van der Waals surface area (Å²) in [6.45, 7) is 6.08. The van der Waals surface area contributed by atoms with E-state index in [1.165, 1.54) is 0 Å². The minimum Gasteiger partial charge on any atom is -0.450 e. The number of hydrogen-bond acceptors (Lipinski definition) is 3. The van der Waals surface area contributed by atoms with E-state index in [9.17, 15) is 9.59 Å². The Morgan fingerprint density at radius 1 is 1.11 bits per heavy atom. The van der Waals surface area contributed by atoms with Crippen LogP contribution in [-0.2, 0) is 5.41 Å². The minimum absolute atomic E-state index is 0.132. The molecule has 2 rings (SSSR count). The SMILES string of the molecule is CC(C)(C)c1cccc2c1C(=O)NC2=O.O=C(O)O. The number of carbonyl (C=O) groups is 3. The van der Waals surface area contributed by atoms with Crippen LogP contribution >= 0.6 is 0 Å². The lowest BCUT2D eigenvalue weighted by Crippen LogP contribution is -2.22. The molecule has 6 heteroatoms. The van der Waals surface area contributed by atoms with E-state index in [2.05, 4.69) is 5.32 Å². The van der Waals surface area contributed by atoms with Crippen LogP contribution in [0, 0.1) is 0 Å². The quantitative estimate of drug-likeness (QED) is 0.623. The normalized spacial score (nSPS) is 13.2. The molecule has 1 aromatic rings. The van der Waals surface area contributed by atoms with Crippen molar-refractivity contribution in [2.75, 3.05) is 0 Å². The summed E-state index contributed by atoms with van der Waals surface area (Å²) in [5, 5.41) is 16.3. The molecule has 1 aromatic carbocycles. The second-order valence-electron chi connectivity index (χ2n) is 5.04. The number of carboxylic acid groups (broad SMARTS) is 2. The largest absolute Gasteiger partial charge is 0.503 e. The lowest BCUT2D eigenvalue weighted by Gasteiger charge is -2.21. The Labute approximate surface area is 110 Å². The standard InChI is InChI=1S/C12H13NO2.CH2O3/c1-12(2,3)8-6-4-5-7-9(8)11(15)13-10(7)14;2-1(3)4/h4-6H,1-3H3,(H,13,14,15);(H2,2,3,4). The topological polar surface area (TPSA) is 104 Å². The smallest absolute Gasteiger partial charge is 0.450 e. The Hall–Kier alpha value is -2.37. The van der Waals surface area contributed by atoms with Gasteiger partial charge in [0.15, 0.2) is 0 Å². The first-order valence-corrected chi connectivity index (χ1v) is 5.55. The predicted octanol–water partition coefficient (Wildman–Crippen LogP) is 2.09. The lowest BCUT2D eigenvalue weighted by atomic mass is 9.82. The highest BCUT2D eigenvalue weighted by molar-refractivity contribution is 6.22. The minimum atomic E-state index is -1.83. The monoisotopic (exact) mass is 265 g/mol. The zero-order valence-electron chi connectivity index (χ0n) is 10.9. The van der Waals surface area contributed by atoms with Gasteiger partial charge in [0.1, 0.15) is 0 Å². The molecular formula is C13H15NO5. The van der Waals surface area contributed by atoms with E-state index >= 15 is 0 Å². The van der Waals surface area contributed by atoms with Gasteiger partial charge in [0.25, 0.3) is 11.8 Å². The third-order valence-corrected chi connectivity index (χ3v) is 2.57. The molecule has 1 aliphatic rings. The van der Waals surface area contributed by atoms with Gasteiger partial charge in [-0.1, -0.05) is 32.9 Å². The molecule has 0 saturated heterocycles. The van der Waals surface area contributed by atoms with Crippen molar-refractivity contribution in [2.24, 2.45) is 0 Å². The molecule has 0 saturated carbocycles. The zero-order valence-corrected chi connectivity index (χ0v) is 10.9. The average Bonchev–Trinajstić information content (AvgIpc) is 2.53. The van der Waals surface area contributed by atoms with Crippen molar-refractivity contribution in [3.8, 4) is 0 Å². The van der Waals surface area contributed by atoms with E-state index in [0.29, 0.717) is 11.1 Å². The van der Waals surface area contributed by atoms with Gasteiger partial charge in [-0.05, 0) is 17.0 Å². The lowest BCUT2D eigenvalue weighted by molar-refractivity contribution is 0.0878. The van der Waals surface area contributed by atoms with E-state index in [4.69, 9.17) is 15.0 Å². The van der Waals surface area contributed by atoms with Crippen molar-refractivity contribution in [3.05, 3.63) is 34.9 Å². The molecule has 19 heavy (non-hydrogen) atoms. The molecule has 1 aliphatic heterocycles. The molecule has 0 atom stereocenters. The number of amides is 2. The Bertz CT molecular complexity index is 538. The summed E-state index contributed by atoms with van der Waals surface area (Å²) in [5.41, 5.74) is 1.82. The van der Waals surface area contributed by atoms with Crippen LogP contribution in [0.1, 0.15) is 47.1 Å². The highest BCUT2D eigenvalue weighted by Gasteiger charge is 2.32. The highest BCUT2D eigenvalue weighted by Crippen LogP contribution is 2.30. The van der Waals surface area contributed by atoms with Crippen LogP contribution in [0.25, 0.3) is 0 Å². The summed E-state index contributed by atoms with van der Waals surface area (Å²) in [6, 6.07) is 5.40. The molecule has 0 spiro atoms. The van der Waals surface area contributed by atoms with E-state index in [1.54, 1.807) is 6.07 Å². The van der Waals surface area contributed by atoms with Crippen LogP contribution in [0.4, 0.5) is 4.79 Å². The Morgan fingerprint density at radius 2 is 1.63 bits per heavy atom. The van der Waals surface area contributed by atoms with Gasteiger partial charge in [-0.25, -0.2) is 4.79 Å². The fraction of sp³-hybridized carbons (Fsp3) is 0.308. The zero-order chi connectivity index (χ0) is 14.8. The molecule has 0 aromatic heterocycles. The van der Waals surface area contributed by atoms with Crippen molar-refractivity contribution < 1.29 is 24.6 Å². The first kappa shape index (κ1) is 14.7. The van der Waals surface area contributed by atoms with Crippen LogP contribution in [-0.4, -0.2) is 28.2 Å². The van der Waals surface area contributed by atoms with Crippen LogP contribution < -0.4 is 5.32 Å². The van der Waals surface area contributed by atoms with E-state index in [1.807, 2.05) is 32.9 Å². The third kappa shape index (κ3) is 3.31. The van der Waals surface area contributed by atoms with Gasteiger partial charge in [0.2, 0.25) is 0 Å². The van der Waals surface area contributed by atoms with Gasteiger partial charge in [0, 0.05) is 0 Å². The molecule has 1 heterocycles. The van der Waals surface area contributed by atoms with Crippen LogP contribution in [0.15, 0.2) is 18.2 Å². The van der Waals surface area contributed by atoms with Crippen LogP contribution in [0.5, 0.6) is 0 Å². The molecule has 0 unspecified atom stereocenters. The highest BCUT2D eigenvalue weighted by atomic mass is 16.6. The van der Waals surface area contributed by atoms with Crippen molar-refractivity contribution in [1.29, 1.82) is 0 Å². The predicted molar refractivity (Wildman–Crippen MR) is 67.6 cm³/mol. The van der Waals surface area contributed by atoms with Gasteiger partial charge in [-0.2, -0.15) is 0 Å². The maximum absolute atomic E-state index is 11.6. The third-order valence-electron chi connectivity index (χ3n) is 2.57. The van der Waals surface area contributed by atoms with Gasteiger partial charge in [0.05, 0.1) is 11.1 Å². The molecular weight excluding hydrogens is 250 g/mol. The molecule has 102 valence electrons. The Balaban J connectivity index is 0.000000399. The van der Waals surface area contributed by atoms with Crippen LogP contribution in [0.2, 0.25) is 0 Å². The second-order valence-corrected chi connectivity index (χ2v) is 5.04. The summed E-state index contributed by atoms with van der Waals surface area (Å²) in [6.07, 6.45) is -1.83. The van der Waals surface area contributed by atoms with Crippen molar-refractivity contribution in [3.63, 3.8) is 0 Å². The van der Waals surface area contributed by atoms with Gasteiger partial charge < -0.3 is 10.2 Å². The molecule has 0 fully saturated rings. The molecule has 0 radical (unpaired) electrons. The van der Waals surface area contributed by atoms with Crippen molar-refractivity contribution in [2.45, 2.75) is 26.2 Å². The molecule has 6 nitrogen and oxygen atoms in total. The fourth-order valence-electron chi connectivity index (χ4n) is 1.84. The maximum Gasteiger partial charge on any atom is 0.503 e. The first-order chi connectivity index (χ1) is 8.64. The summed E-state index contributed by atoms with van der Waals surface area (Å²) in [7, 11) is 0. The summed E-state index contributed by atoms with van der Waals surface area (Å²) in [5.74, 6) is -0.568. The van der Waals surface area contributed by atoms with Crippen LogP contribution in [0.3, 0.4) is 0 Å². The fourth-order valence-corrected chi connectivity index (χ4v) is 1.84. The Morgan fingerprint density at radius 3 is 2.11 bits per heavy atom. The number of benzene rings is 1. The van der Waals surface area contributed by atoms with Crippen molar-refractivity contribution >= 4 is 18.0 Å². The first-order valence-electron chi connectivity index (χ1n) is 5.55. The van der Waals surface area contributed by atoms with Gasteiger partial charge in [-0.3, -0.25) is 14.9 Å². The summed E-state index contributed by atoms with van der Waals surface area (Å²) >= 11 is 0. The number of nitrogens with one attached hydrogen (secondary N) is 1. The molecule has 0 aliphatic carbocycles. The van der Waals surface area contributed by atoms with E-state index < -0.39 is 6.16 Å². The molecule has 2 amide bonds. The Kier molecular flexibility index (Phi) is 3.94. The summed E-state index contributed by atoms with van der Waals surface area (Å²) < 4.78 is 0. The maximum atomic E-state index is 11.6. The van der Waals surface area contributed by atoms with E-state index in [-0.39, 0.29) is 17.2 Å². The number of fused-ring (bicyclic) bond motifs is 1. The van der Waals surface area contributed by atoms with Gasteiger partial charge >= 0.3 is 6.16 Å². The number of imide groups is 1. The van der Waals surface area contributed by atoms with Crippen molar-refractivity contribution in [1.82, 2.24) is 5.32 Å².